The van der Waals surface area contributed by atoms with Gasteiger partial charge in [0.05, 0.1) is 23.6 Å². The molecule has 0 radical (unpaired) electrons. The number of imidazole rings is 1. The number of nitrogens with zero attached hydrogens (tertiary/aromatic N) is 4. The lowest BCUT2D eigenvalue weighted by Crippen LogP contribution is -2.16. The molecule has 0 aliphatic heterocycles. The minimum Gasteiger partial charge on any atom is -0.508 e. The van der Waals surface area contributed by atoms with Gasteiger partial charge in [-0.2, -0.15) is 5.10 Å². The molecule has 1 aliphatic carbocycles. The highest BCUT2D eigenvalue weighted by molar-refractivity contribution is 5.85. The maximum atomic E-state index is 9.77. The molecule has 0 saturated carbocycles. The van der Waals surface area contributed by atoms with Crippen LogP contribution in [0.2, 0.25) is 0 Å². The first-order chi connectivity index (χ1) is 12.3. The van der Waals surface area contributed by atoms with Gasteiger partial charge in [0.15, 0.2) is 0 Å². The zero-order valence-electron chi connectivity index (χ0n) is 14.0. The summed E-state index contributed by atoms with van der Waals surface area (Å²) < 4.78 is 1.91. The molecule has 1 unspecified atom stereocenters. The van der Waals surface area contributed by atoms with Crippen LogP contribution < -0.4 is 0 Å². The number of aryl methyl sites for hydroxylation is 1. The van der Waals surface area contributed by atoms with E-state index >= 15 is 0 Å². The molecule has 0 bridgehead atoms. The summed E-state index contributed by atoms with van der Waals surface area (Å²) in [5, 5.41) is 14.3. The maximum Gasteiger partial charge on any atom is 0.229 e. The Balaban J connectivity index is 0.00000168. The van der Waals surface area contributed by atoms with Crippen molar-refractivity contribution in [1.82, 2.24) is 24.7 Å². The Labute approximate surface area is 156 Å². The molecule has 132 valence electrons. The molecule has 3 aromatic heterocycles. The number of aromatic hydroxyl groups is 1. The van der Waals surface area contributed by atoms with E-state index in [1.807, 2.05) is 29.1 Å². The van der Waals surface area contributed by atoms with E-state index < -0.39 is 0 Å². The van der Waals surface area contributed by atoms with Crippen LogP contribution in [0.4, 0.5) is 0 Å². The zero-order chi connectivity index (χ0) is 16.8. The number of fused-ring (bicyclic) bond motifs is 2. The Morgan fingerprint density at radius 3 is 2.96 bits per heavy atom. The number of phenolic OH excluding ortho intramolecular Hbond substituents is 1. The van der Waals surface area contributed by atoms with E-state index in [1.165, 1.54) is 16.8 Å². The molecule has 1 aliphatic rings. The summed E-state index contributed by atoms with van der Waals surface area (Å²) in [4.78, 5) is 12.1. The lowest BCUT2D eigenvalue weighted by molar-refractivity contribution is 0.472. The van der Waals surface area contributed by atoms with Crippen LogP contribution >= 0.6 is 12.4 Å². The summed E-state index contributed by atoms with van der Waals surface area (Å²) in [6.07, 6.45) is 8.37. The molecule has 1 aromatic carbocycles. The molecule has 5 rings (SSSR count). The monoisotopic (exact) mass is 367 g/mol. The van der Waals surface area contributed by atoms with E-state index in [2.05, 4.69) is 26.1 Å². The third-order valence-electron chi connectivity index (χ3n) is 4.97. The predicted octanol–water partition coefficient (Wildman–Crippen LogP) is 3.54. The zero-order valence-corrected chi connectivity index (χ0v) is 14.8. The highest BCUT2D eigenvalue weighted by Crippen LogP contribution is 2.34. The van der Waals surface area contributed by atoms with Crippen LogP contribution in [-0.2, 0) is 12.8 Å². The van der Waals surface area contributed by atoms with Crippen LogP contribution in [0.1, 0.15) is 29.2 Å². The van der Waals surface area contributed by atoms with Gasteiger partial charge in [0, 0.05) is 6.20 Å². The van der Waals surface area contributed by atoms with Gasteiger partial charge in [-0.1, -0.05) is 12.1 Å². The van der Waals surface area contributed by atoms with E-state index in [1.54, 1.807) is 18.5 Å². The number of pyridine rings is 1. The standard InChI is InChI=1S/C19H17N5O.ClH/c25-15-3-1-2-12(8-15)13-4-5-14-10-21-24(18(14)9-13)19-22-16-6-7-20-11-17(16)23-19;/h1-3,6-8,10-11,13,25H,4-5,9H2,(H,22,23);1H. The van der Waals surface area contributed by atoms with E-state index in [4.69, 9.17) is 0 Å². The average Bonchev–Trinajstić information content (AvgIpc) is 3.24. The van der Waals surface area contributed by atoms with Gasteiger partial charge < -0.3 is 10.1 Å². The lowest BCUT2D eigenvalue weighted by atomic mass is 9.83. The SMILES string of the molecule is Cl.Oc1cccc(C2CCc3cnn(-c4nc5cnccc5[nH]4)c3C2)c1. The lowest BCUT2D eigenvalue weighted by Gasteiger charge is -2.23. The molecule has 1 atom stereocenters. The van der Waals surface area contributed by atoms with Gasteiger partial charge in [0.2, 0.25) is 5.95 Å². The van der Waals surface area contributed by atoms with Crippen molar-refractivity contribution in [2.45, 2.75) is 25.2 Å². The number of nitrogens with one attached hydrogen (secondary N) is 1. The summed E-state index contributed by atoms with van der Waals surface area (Å²) in [6.45, 7) is 0. The summed E-state index contributed by atoms with van der Waals surface area (Å²) in [5.74, 6) is 1.42. The largest absolute Gasteiger partial charge is 0.508 e. The van der Waals surface area contributed by atoms with E-state index in [9.17, 15) is 5.11 Å². The van der Waals surface area contributed by atoms with E-state index in [0.717, 1.165) is 36.2 Å². The highest BCUT2D eigenvalue weighted by Gasteiger charge is 2.25. The number of hydrogen-bond donors (Lipinski definition) is 2. The molecule has 7 heteroatoms. The van der Waals surface area contributed by atoms with Crippen LogP contribution in [-0.4, -0.2) is 29.8 Å². The van der Waals surface area contributed by atoms with Crippen LogP contribution in [0.3, 0.4) is 0 Å². The van der Waals surface area contributed by atoms with Crippen molar-refractivity contribution in [2.75, 3.05) is 0 Å². The number of H-pyrrole nitrogens is 1. The van der Waals surface area contributed by atoms with Crippen molar-refractivity contribution >= 4 is 23.4 Å². The molecular weight excluding hydrogens is 350 g/mol. The van der Waals surface area contributed by atoms with Crippen LogP contribution in [0.5, 0.6) is 5.75 Å². The molecule has 0 amide bonds. The van der Waals surface area contributed by atoms with Crippen LogP contribution in [0.15, 0.2) is 48.9 Å². The molecule has 0 fully saturated rings. The molecular formula is C19H18ClN5O. The van der Waals surface area contributed by atoms with E-state index in [-0.39, 0.29) is 12.4 Å². The molecule has 2 N–H and O–H groups in total. The van der Waals surface area contributed by atoms with Crippen molar-refractivity contribution in [3.8, 4) is 11.7 Å². The average molecular weight is 368 g/mol. The Morgan fingerprint density at radius 1 is 1.19 bits per heavy atom. The topological polar surface area (TPSA) is 79.6 Å². The van der Waals surface area contributed by atoms with Gasteiger partial charge in [0.25, 0.3) is 0 Å². The third kappa shape index (κ3) is 2.72. The molecule has 0 spiro atoms. The molecule has 4 aromatic rings. The summed E-state index contributed by atoms with van der Waals surface area (Å²) in [7, 11) is 0. The molecule has 6 nitrogen and oxygen atoms in total. The fourth-order valence-corrected chi connectivity index (χ4v) is 3.69. The van der Waals surface area contributed by atoms with Gasteiger partial charge in [-0.3, -0.25) is 4.98 Å². The van der Waals surface area contributed by atoms with Crippen LogP contribution in [0, 0.1) is 0 Å². The minimum absolute atomic E-state index is 0. The van der Waals surface area contributed by atoms with Crippen LogP contribution in [0.25, 0.3) is 17.0 Å². The normalized spacial score (nSPS) is 16.2. The summed E-state index contributed by atoms with van der Waals surface area (Å²) in [6, 6.07) is 9.48. The first-order valence-corrected chi connectivity index (χ1v) is 8.43. The fourth-order valence-electron chi connectivity index (χ4n) is 3.69. The Kier molecular flexibility index (Phi) is 4.12. The van der Waals surface area contributed by atoms with Gasteiger partial charge in [-0.25, -0.2) is 9.67 Å². The fraction of sp³-hybridized carbons (Fsp3) is 0.211. The number of rotatable bonds is 2. The Hall–Kier alpha value is -2.86. The highest BCUT2D eigenvalue weighted by atomic mass is 35.5. The van der Waals surface area contributed by atoms with Gasteiger partial charge in [-0.15, -0.1) is 12.4 Å². The first-order valence-electron chi connectivity index (χ1n) is 8.43. The second kappa shape index (κ2) is 6.46. The van der Waals surface area contributed by atoms with E-state index in [0.29, 0.717) is 11.7 Å². The first kappa shape index (κ1) is 16.6. The number of aromatic nitrogens is 5. The second-order valence-electron chi connectivity index (χ2n) is 6.52. The quantitative estimate of drug-likeness (QED) is 0.568. The van der Waals surface area contributed by atoms with Crippen molar-refractivity contribution in [3.63, 3.8) is 0 Å². The number of aromatic amines is 1. The van der Waals surface area contributed by atoms with Crippen molar-refractivity contribution in [1.29, 1.82) is 0 Å². The summed E-state index contributed by atoms with van der Waals surface area (Å²) >= 11 is 0. The van der Waals surface area contributed by atoms with Gasteiger partial charge in [-0.05, 0) is 54.5 Å². The number of phenols is 1. The maximum absolute atomic E-state index is 9.77. The van der Waals surface area contributed by atoms with Gasteiger partial charge in [0.1, 0.15) is 11.3 Å². The van der Waals surface area contributed by atoms with Crippen molar-refractivity contribution in [2.24, 2.45) is 0 Å². The number of benzene rings is 1. The molecule has 26 heavy (non-hydrogen) atoms. The third-order valence-corrected chi connectivity index (χ3v) is 4.97. The smallest absolute Gasteiger partial charge is 0.229 e. The van der Waals surface area contributed by atoms with Crippen molar-refractivity contribution in [3.05, 3.63) is 65.7 Å². The summed E-state index contributed by atoms with van der Waals surface area (Å²) in [5.41, 5.74) is 5.42. The Morgan fingerprint density at radius 2 is 2.12 bits per heavy atom. The van der Waals surface area contributed by atoms with Gasteiger partial charge >= 0.3 is 0 Å². The Bertz CT molecular complexity index is 1040. The number of halogens is 1. The second-order valence-corrected chi connectivity index (χ2v) is 6.52. The molecule has 0 saturated heterocycles. The minimum atomic E-state index is 0. The number of hydrogen-bond acceptors (Lipinski definition) is 4. The molecule has 3 heterocycles. The van der Waals surface area contributed by atoms with Crippen molar-refractivity contribution < 1.29 is 5.11 Å². The predicted molar refractivity (Wildman–Crippen MR) is 101 cm³/mol.